The molecule has 47 heavy (non-hydrogen) atoms. The molecule has 0 saturated carbocycles. The van der Waals surface area contributed by atoms with E-state index in [2.05, 4.69) is 0 Å². The van der Waals surface area contributed by atoms with E-state index in [1.165, 1.54) is 38.2 Å². The molecule has 0 aliphatic carbocycles. The Morgan fingerprint density at radius 3 is 1.47 bits per heavy atom. The zero-order chi connectivity index (χ0) is 33.8. The molecular formula is C34H20F6N2O5. The molecule has 7 nitrogen and oxygen atoms in total. The molecule has 0 fully saturated rings. The maximum absolute atomic E-state index is 14.5. The quantitative estimate of drug-likeness (QED) is 0.153. The van der Waals surface area contributed by atoms with Gasteiger partial charge in [0.15, 0.2) is 0 Å². The summed E-state index contributed by atoms with van der Waals surface area (Å²) in [6, 6.07) is 12.5. The Kier molecular flexibility index (Phi) is 6.28. The summed E-state index contributed by atoms with van der Waals surface area (Å²) in [6.07, 6.45) is -11.4. The Labute approximate surface area is 262 Å². The fourth-order valence-corrected chi connectivity index (χ4v) is 6.41. The second-order valence-corrected chi connectivity index (χ2v) is 11.6. The van der Waals surface area contributed by atoms with Gasteiger partial charge in [0.1, 0.15) is 11.5 Å². The van der Waals surface area contributed by atoms with E-state index in [0.717, 1.165) is 41.3 Å². The number of ether oxygens (including phenoxy) is 1. The Bertz CT molecular complexity index is 1970. The van der Waals surface area contributed by atoms with Gasteiger partial charge >= 0.3 is 12.4 Å². The van der Waals surface area contributed by atoms with Gasteiger partial charge in [-0.1, -0.05) is 42.0 Å². The first-order valence-corrected chi connectivity index (χ1v) is 14.1. The zero-order valence-corrected chi connectivity index (χ0v) is 24.3. The molecule has 0 spiro atoms. The second-order valence-electron chi connectivity index (χ2n) is 11.6. The van der Waals surface area contributed by atoms with Gasteiger partial charge in [0.05, 0.1) is 27.9 Å². The summed E-state index contributed by atoms with van der Waals surface area (Å²) in [5, 5.41) is 0. The van der Waals surface area contributed by atoms with Crippen LogP contribution in [0.15, 0.2) is 72.8 Å². The largest absolute Gasteiger partial charge is 0.457 e. The van der Waals surface area contributed by atoms with Gasteiger partial charge in [0, 0.05) is 24.6 Å². The number of carbonyl (C=O) groups is 4. The highest BCUT2D eigenvalue weighted by atomic mass is 19.4. The van der Waals surface area contributed by atoms with Crippen molar-refractivity contribution in [2.75, 3.05) is 11.9 Å². The van der Waals surface area contributed by atoms with Crippen molar-refractivity contribution >= 4 is 29.3 Å². The number of nitrogens with zero attached hydrogens (tertiary/aromatic N) is 2. The van der Waals surface area contributed by atoms with Gasteiger partial charge < -0.3 is 4.74 Å². The average Bonchev–Trinajstić information content (AvgIpc) is 3.37. The molecule has 4 aromatic rings. The van der Waals surface area contributed by atoms with Crippen LogP contribution in [0.1, 0.15) is 69.2 Å². The Morgan fingerprint density at radius 2 is 1.00 bits per heavy atom. The molecule has 0 radical (unpaired) electrons. The minimum Gasteiger partial charge on any atom is -0.457 e. The van der Waals surface area contributed by atoms with Crippen molar-refractivity contribution in [1.82, 2.24) is 4.90 Å². The lowest BCUT2D eigenvalue weighted by molar-refractivity contribution is -0.288. The number of imide groups is 2. The highest BCUT2D eigenvalue weighted by Gasteiger charge is 2.72. The first-order chi connectivity index (χ1) is 22.0. The SMILES string of the molecule is Cc1ccc(C(c2ccc(N3C(=O)c4cc5c(cc4C3=O)Oc3cc4c(cc3C5)C(=O)N(C)C4=O)cc2)(C(F)(F)F)C(F)(F)F)cc1. The molecule has 0 saturated heterocycles. The lowest BCUT2D eigenvalue weighted by Gasteiger charge is -2.38. The summed E-state index contributed by atoms with van der Waals surface area (Å²) >= 11 is 0. The van der Waals surface area contributed by atoms with Gasteiger partial charge in [0.2, 0.25) is 5.41 Å². The molecule has 3 aliphatic heterocycles. The number of halogens is 6. The van der Waals surface area contributed by atoms with E-state index in [1.54, 1.807) is 0 Å². The maximum atomic E-state index is 14.5. The Balaban J connectivity index is 1.24. The summed E-state index contributed by atoms with van der Waals surface area (Å²) < 4.78 is 93.1. The molecule has 3 aliphatic rings. The molecule has 3 heterocycles. The number of hydrogen-bond donors (Lipinski definition) is 0. The monoisotopic (exact) mass is 650 g/mol. The normalized spacial score (nSPS) is 15.8. The van der Waals surface area contributed by atoms with E-state index in [1.807, 2.05) is 0 Å². The fourth-order valence-electron chi connectivity index (χ4n) is 6.41. The van der Waals surface area contributed by atoms with Gasteiger partial charge in [-0.25, -0.2) is 4.90 Å². The van der Waals surface area contributed by atoms with E-state index in [0.29, 0.717) is 33.7 Å². The van der Waals surface area contributed by atoms with Crippen LogP contribution in [0, 0.1) is 6.92 Å². The number of benzene rings is 4. The number of rotatable bonds is 3. The number of fused-ring (bicyclic) bond motifs is 4. The molecule has 0 N–H and O–H groups in total. The average molecular weight is 651 g/mol. The molecule has 13 heteroatoms. The van der Waals surface area contributed by atoms with Crippen molar-refractivity contribution in [2.24, 2.45) is 0 Å². The number of anilines is 1. The minimum absolute atomic E-state index is 0.0448. The van der Waals surface area contributed by atoms with E-state index < -0.39 is 52.5 Å². The third-order valence-electron chi connectivity index (χ3n) is 8.83. The molecule has 7 rings (SSSR count). The number of hydrogen-bond acceptors (Lipinski definition) is 5. The first-order valence-electron chi connectivity index (χ1n) is 14.1. The Morgan fingerprint density at radius 1 is 0.596 bits per heavy atom. The van der Waals surface area contributed by atoms with Crippen LogP contribution >= 0.6 is 0 Å². The highest BCUT2D eigenvalue weighted by Crippen LogP contribution is 2.56. The van der Waals surface area contributed by atoms with Crippen LogP contribution in [-0.4, -0.2) is 47.9 Å². The van der Waals surface area contributed by atoms with E-state index >= 15 is 0 Å². The van der Waals surface area contributed by atoms with Crippen molar-refractivity contribution in [3.05, 3.63) is 123 Å². The Hall–Kier alpha value is -5.46. The lowest BCUT2D eigenvalue weighted by Crippen LogP contribution is -2.54. The van der Waals surface area contributed by atoms with Crippen LogP contribution in [0.25, 0.3) is 0 Å². The smallest absolute Gasteiger partial charge is 0.411 e. The number of carbonyl (C=O) groups excluding carboxylic acids is 4. The van der Waals surface area contributed by atoms with Crippen molar-refractivity contribution in [3.8, 4) is 11.5 Å². The standard InChI is InChI=1S/C34H20F6N2O5/c1-16-3-5-19(6-4-16)32(33(35,36)37,34(38,39)40)20-7-9-21(10-8-20)42-30(45)23-13-18-11-17-12-22-24(29(44)41(2)28(22)43)14-26(17)47-27(18)15-25(23)31(42)46/h3-10,12-15H,11H2,1-2H3. The summed E-state index contributed by atoms with van der Waals surface area (Å²) in [4.78, 5) is 53.5. The first kappa shape index (κ1) is 30.2. The summed E-state index contributed by atoms with van der Waals surface area (Å²) in [5.74, 6) is -2.18. The minimum atomic E-state index is -5.80. The van der Waals surface area contributed by atoms with Gasteiger partial charge in [0.25, 0.3) is 23.6 Å². The molecule has 0 aromatic heterocycles. The summed E-state index contributed by atoms with van der Waals surface area (Å²) in [7, 11) is 1.35. The van der Waals surface area contributed by atoms with E-state index in [-0.39, 0.29) is 45.9 Å². The lowest BCUT2D eigenvalue weighted by atomic mass is 9.72. The van der Waals surface area contributed by atoms with E-state index in [9.17, 15) is 45.5 Å². The van der Waals surface area contributed by atoms with E-state index in [4.69, 9.17) is 4.74 Å². The van der Waals surface area contributed by atoms with Crippen LogP contribution in [0.4, 0.5) is 32.0 Å². The fraction of sp³-hybridized carbons (Fsp3) is 0.176. The van der Waals surface area contributed by atoms with Crippen molar-refractivity contribution in [3.63, 3.8) is 0 Å². The second kappa shape index (κ2) is 9.77. The van der Waals surface area contributed by atoms with Crippen molar-refractivity contribution in [1.29, 1.82) is 0 Å². The van der Waals surface area contributed by atoms with Gasteiger partial charge in [-0.05, 0) is 54.4 Å². The van der Waals surface area contributed by atoms with Crippen molar-refractivity contribution in [2.45, 2.75) is 31.1 Å². The third kappa shape index (κ3) is 4.14. The van der Waals surface area contributed by atoms with Crippen molar-refractivity contribution < 1.29 is 50.3 Å². The predicted octanol–water partition coefficient (Wildman–Crippen LogP) is 7.13. The predicted molar refractivity (Wildman–Crippen MR) is 154 cm³/mol. The number of aryl methyl sites for hydroxylation is 1. The number of alkyl halides is 6. The molecule has 4 amide bonds. The van der Waals surface area contributed by atoms with Gasteiger partial charge in [-0.2, -0.15) is 26.3 Å². The zero-order valence-electron chi connectivity index (χ0n) is 24.3. The van der Waals surface area contributed by atoms with Crippen LogP contribution in [0.5, 0.6) is 11.5 Å². The molecule has 0 unspecified atom stereocenters. The topological polar surface area (TPSA) is 84.0 Å². The maximum Gasteiger partial charge on any atom is 0.411 e. The molecule has 4 aromatic carbocycles. The van der Waals surface area contributed by atoms with Crippen LogP contribution in [0.3, 0.4) is 0 Å². The van der Waals surface area contributed by atoms with Gasteiger partial charge in [-0.15, -0.1) is 0 Å². The molecular weight excluding hydrogens is 630 g/mol. The van der Waals surface area contributed by atoms with Gasteiger partial charge in [-0.3, -0.25) is 24.1 Å². The van der Waals surface area contributed by atoms with Crippen LogP contribution in [0.2, 0.25) is 0 Å². The van der Waals surface area contributed by atoms with Crippen LogP contribution in [-0.2, 0) is 11.8 Å². The molecule has 238 valence electrons. The summed E-state index contributed by atoms with van der Waals surface area (Å²) in [6.45, 7) is 1.53. The molecule has 0 bridgehead atoms. The highest BCUT2D eigenvalue weighted by molar-refractivity contribution is 6.34. The third-order valence-corrected chi connectivity index (χ3v) is 8.83. The van der Waals surface area contributed by atoms with Crippen LogP contribution < -0.4 is 9.64 Å². The molecule has 0 atom stereocenters. The summed E-state index contributed by atoms with van der Waals surface area (Å²) in [5.41, 5.74) is -5.06. The number of amides is 4.